The first kappa shape index (κ1) is 19.2. The molecule has 2 aromatic carbocycles. The van der Waals surface area contributed by atoms with Crippen molar-refractivity contribution in [3.05, 3.63) is 84.7 Å². The highest BCUT2D eigenvalue weighted by molar-refractivity contribution is 6.00. The standard InChI is InChI=1S/C25H23N5O/c1-18-17-29(25(31)19-8-3-2-4-9-19)14-15-30(18)24-22-12-6-5-11-21(22)23(27-28-24)20-10-7-13-26-16-20/h2-13,16,18H,14-15,17H2,1H3/t18-/m1/s1. The Morgan fingerprint density at radius 3 is 2.42 bits per heavy atom. The minimum absolute atomic E-state index is 0.0787. The number of hydrogen-bond donors (Lipinski definition) is 0. The van der Waals surface area contributed by atoms with Gasteiger partial charge in [0.2, 0.25) is 0 Å². The normalized spacial score (nSPS) is 16.5. The zero-order chi connectivity index (χ0) is 21.2. The number of nitrogens with zero attached hydrogens (tertiary/aromatic N) is 5. The molecule has 5 rings (SSSR count). The van der Waals surface area contributed by atoms with Gasteiger partial charge >= 0.3 is 0 Å². The zero-order valence-electron chi connectivity index (χ0n) is 17.3. The fraction of sp³-hybridized carbons (Fsp3) is 0.200. The number of pyridine rings is 1. The SMILES string of the molecule is C[C@@H]1CN(C(=O)c2ccccc2)CCN1c1nnc(-c2cccnc2)c2ccccc12. The predicted octanol–water partition coefficient (Wildman–Crippen LogP) is 4.04. The van der Waals surface area contributed by atoms with Gasteiger partial charge in [-0.15, -0.1) is 10.2 Å². The van der Waals surface area contributed by atoms with Crippen molar-refractivity contribution in [2.75, 3.05) is 24.5 Å². The van der Waals surface area contributed by atoms with Gasteiger partial charge < -0.3 is 9.80 Å². The molecule has 0 unspecified atom stereocenters. The van der Waals surface area contributed by atoms with E-state index in [-0.39, 0.29) is 11.9 Å². The Bertz CT molecular complexity index is 1210. The third kappa shape index (κ3) is 3.61. The lowest BCUT2D eigenvalue weighted by Crippen LogP contribution is -2.54. The largest absolute Gasteiger partial charge is 0.348 e. The highest BCUT2D eigenvalue weighted by Crippen LogP contribution is 2.32. The minimum atomic E-state index is 0.0787. The zero-order valence-corrected chi connectivity index (χ0v) is 17.3. The predicted molar refractivity (Wildman–Crippen MR) is 122 cm³/mol. The Morgan fingerprint density at radius 1 is 0.903 bits per heavy atom. The fourth-order valence-corrected chi connectivity index (χ4v) is 4.24. The number of benzene rings is 2. The topological polar surface area (TPSA) is 62.2 Å². The average molecular weight is 409 g/mol. The van der Waals surface area contributed by atoms with Gasteiger partial charge in [0.25, 0.3) is 5.91 Å². The smallest absolute Gasteiger partial charge is 0.253 e. The van der Waals surface area contributed by atoms with Gasteiger partial charge in [0, 0.05) is 60.0 Å². The number of anilines is 1. The fourth-order valence-electron chi connectivity index (χ4n) is 4.24. The maximum Gasteiger partial charge on any atom is 0.253 e. The van der Waals surface area contributed by atoms with Crippen LogP contribution >= 0.6 is 0 Å². The van der Waals surface area contributed by atoms with Crippen LogP contribution in [0, 0.1) is 0 Å². The second-order valence-corrected chi connectivity index (χ2v) is 7.82. The third-order valence-electron chi connectivity index (χ3n) is 5.81. The van der Waals surface area contributed by atoms with E-state index in [0.29, 0.717) is 19.6 Å². The molecule has 31 heavy (non-hydrogen) atoms. The summed E-state index contributed by atoms with van der Waals surface area (Å²) in [5, 5.41) is 11.3. The van der Waals surface area contributed by atoms with Gasteiger partial charge in [-0.3, -0.25) is 9.78 Å². The summed E-state index contributed by atoms with van der Waals surface area (Å²) in [7, 11) is 0. The van der Waals surface area contributed by atoms with Crippen LogP contribution in [0.4, 0.5) is 5.82 Å². The van der Waals surface area contributed by atoms with Crippen molar-refractivity contribution >= 4 is 22.5 Å². The van der Waals surface area contributed by atoms with Gasteiger partial charge in [-0.2, -0.15) is 0 Å². The molecule has 1 atom stereocenters. The molecular weight excluding hydrogens is 386 g/mol. The van der Waals surface area contributed by atoms with Crippen LogP contribution in [0.5, 0.6) is 0 Å². The number of rotatable bonds is 3. The van der Waals surface area contributed by atoms with Gasteiger partial charge in [-0.05, 0) is 31.2 Å². The van der Waals surface area contributed by atoms with E-state index in [1.165, 1.54) is 0 Å². The summed E-state index contributed by atoms with van der Waals surface area (Å²) in [5.74, 6) is 0.942. The number of carbonyl (C=O) groups excluding carboxylic acids is 1. The highest BCUT2D eigenvalue weighted by Gasteiger charge is 2.29. The molecule has 1 fully saturated rings. The lowest BCUT2D eigenvalue weighted by Gasteiger charge is -2.40. The minimum Gasteiger partial charge on any atom is -0.348 e. The van der Waals surface area contributed by atoms with Gasteiger partial charge in [0.05, 0.1) is 0 Å². The number of amides is 1. The number of piperazine rings is 1. The Kier molecular flexibility index (Phi) is 5.04. The van der Waals surface area contributed by atoms with E-state index in [4.69, 9.17) is 0 Å². The molecule has 0 aliphatic carbocycles. The van der Waals surface area contributed by atoms with Gasteiger partial charge in [0.15, 0.2) is 5.82 Å². The molecule has 0 spiro atoms. The molecule has 1 aliphatic heterocycles. The Labute approximate surface area is 181 Å². The van der Waals surface area contributed by atoms with Crippen LogP contribution in [-0.2, 0) is 0 Å². The van der Waals surface area contributed by atoms with Crippen molar-refractivity contribution in [3.8, 4) is 11.3 Å². The van der Waals surface area contributed by atoms with Crippen molar-refractivity contribution in [2.45, 2.75) is 13.0 Å². The summed E-state index contributed by atoms with van der Waals surface area (Å²) in [6, 6.07) is 21.7. The molecule has 0 radical (unpaired) electrons. The molecule has 2 aromatic heterocycles. The molecule has 6 heteroatoms. The average Bonchev–Trinajstić information content (AvgIpc) is 2.84. The van der Waals surface area contributed by atoms with Crippen LogP contribution in [0.3, 0.4) is 0 Å². The molecule has 154 valence electrons. The lowest BCUT2D eigenvalue weighted by atomic mass is 10.0. The van der Waals surface area contributed by atoms with E-state index in [1.807, 2.05) is 65.7 Å². The molecule has 0 N–H and O–H groups in total. The Morgan fingerprint density at radius 2 is 1.68 bits per heavy atom. The molecule has 1 aliphatic rings. The molecule has 0 bridgehead atoms. The van der Waals surface area contributed by atoms with Crippen molar-refractivity contribution < 1.29 is 4.79 Å². The quantitative estimate of drug-likeness (QED) is 0.511. The van der Waals surface area contributed by atoms with E-state index in [1.54, 1.807) is 6.20 Å². The number of fused-ring (bicyclic) bond motifs is 1. The van der Waals surface area contributed by atoms with E-state index >= 15 is 0 Å². The molecular formula is C25H23N5O. The molecule has 1 amide bonds. The summed E-state index contributed by atoms with van der Waals surface area (Å²) >= 11 is 0. The van der Waals surface area contributed by atoms with Crippen LogP contribution in [0.25, 0.3) is 22.0 Å². The second-order valence-electron chi connectivity index (χ2n) is 7.82. The summed E-state index contributed by atoms with van der Waals surface area (Å²) in [6.45, 7) is 4.15. The Balaban J connectivity index is 1.45. The lowest BCUT2D eigenvalue weighted by molar-refractivity contribution is 0.0726. The summed E-state index contributed by atoms with van der Waals surface area (Å²) < 4.78 is 0. The molecule has 1 saturated heterocycles. The van der Waals surface area contributed by atoms with Crippen LogP contribution < -0.4 is 4.90 Å². The number of aromatic nitrogens is 3. The first-order valence-electron chi connectivity index (χ1n) is 10.5. The van der Waals surface area contributed by atoms with Gasteiger partial charge in [-0.1, -0.05) is 42.5 Å². The molecule has 6 nitrogen and oxygen atoms in total. The number of hydrogen-bond acceptors (Lipinski definition) is 5. The number of carbonyl (C=O) groups is 1. The van der Waals surface area contributed by atoms with E-state index in [9.17, 15) is 4.79 Å². The third-order valence-corrected chi connectivity index (χ3v) is 5.81. The van der Waals surface area contributed by atoms with E-state index < -0.39 is 0 Å². The maximum absolute atomic E-state index is 12.9. The second kappa shape index (κ2) is 8.14. The first-order valence-corrected chi connectivity index (χ1v) is 10.5. The van der Waals surface area contributed by atoms with Crippen LogP contribution in [-0.4, -0.2) is 51.7 Å². The molecule has 0 saturated carbocycles. The van der Waals surface area contributed by atoms with Crippen molar-refractivity contribution in [1.29, 1.82) is 0 Å². The first-order chi connectivity index (χ1) is 15.2. The van der Waals surface area contributed by atoms with Crippen LogP contribution in [0.1, 0.15) is 17.3 Å². The molecule has 4 aromatic rings. The molecule has 3 heterocycles. The van der Waals surface area contributed by atoms with Crippen molar-refractivity contribution in [2.24, 2.45) is 0 Å². The highest BCUT2D eigenvalue weighted by atomic mass is 16.2. The monoisotopic (exact) mass is 409 g/mol. The van der Waals surface area contributed by atoms with E-state index in [2.05, 4.69) is 39.1 Å². The van der Waals surface area contributed by atoms with Crippen molar-refractivity contribution in [1.82, 2.24) is 20.1 Å². The van der Waals surface area contributed by atoms with E-state index in [0.717, 1.165) is 33.4 Å². The van der Waals surface area contributed by atoms with Gasteiger partial charge in [0.1, 0.15) is 5.69 Å². The summed E-state index contributed by atoms with van der Waals surface area (Å²) in [4.78, 5) is 21.3. The van der Waals surface area contributed by atoms with Crippen LogP contribution in [0.2, 0.25) is 0 Å². The van der Waals surface area contributed by atoms with Crippen LogP contribution in [0.15, 0.2) is 79.1 Å². The summed E-state index contributed by atoms with van der Waals surface area (Å²) in [6.07, 6.45) is 3.57. The Hall–Kier alpha value is -3.80. The maximum atomic E-state index is 12.9. The summed E-state index contributed by atoms with van der Waals surface area (Å²) in [5.41, 5.74) is 2.51. The van der Waals surface area contributed by atoms with Gasteiger partial charge in [-0.25, -0.2) is 0 Å². The van der Waals surface area contributed by atoms with Crippen molar-refractivity contribution in [3.63, 3.8) is 0 Å².